The Morgan fingerprint density at radius 2 is 2.28 bits per heavy atom. The number of aryl methyl sites for hydroxylation is 1. The van der Waals surface area contributed by atoms with E-state index in [0.717, 1.165) is 5.56 Å². The summed E-state index contributed by atoms with van der Waals surface area (Å²) < 4.78 is 1.43. The molecule has 90 valence electrons. The molecule has 4 nitrogen and oxygen atoms in total. The normalized spacial score (nSPS) is 10.2. The minimum atomic E-state index is -0.494. The van der Waals surface area contributed by atoms with Crippen LogP contribution in [0.1, 0.15) is 11.1 Å². The van der Waals surface area contributed by atoms with Crippen LogP contribution in [0.15, 0.2) is 35.6 Å². The first-order chi connectivity index (χ1) is 8.60. The lowest BCUT2D eigenvalue weighted by Crippen LogP contribution is -2.22. The molecule has 1 aromatic heterocycles. The maximum Gasteiger partial charge on any atom is 0.273 e. The van der Waals surface area contributed by atoms with Crippen molar-refractivity contribution in [1.29, 1.82) is 5.26 Å². The van der Waals surface area contributed by atoms with E-state index < -0.39 is 5.56 Å². The number of fused-ring (bicyclic) bond motifs is 1. The second-order valence-electron chi connectivity index (χ2n) is 4.06. The molecule has 0 radical (unpaired) electrons. The average Bonchev–Trinajstić information content (AvgIpc) is 2.35. The van der Waals surface area contributed by atoms with Crippen molar-refractivity contribution in [2.75, 3.05) is 0 Å². The van der Waals surface area contributed by atoms with Crippen molar-refractivity contribution in [3.8, 4) is 11.8 Å². The number of aromatic nitrogens is 1. The highest BCUT2D eigenvalue weighted by atomic mass is 16.3. The molecule has 1 heterocycles. The van der Waals surface area contributed by atoms with E-state index in [1.54, 1.807) is 24.3 Å². The van der Waals surface area contributed by atoms with Crippen LogP contribution < -0.4 is 5.56 Å². The van der Waals surface area contributed by atoms with E-state index in [0.29, 0.717) is 17.4 Å². The van der Waals surface area contributed by atoms with E-state index in [9.17, 15) is 9.90 Å². The monoisotopic (exact) mass is 240 g/mol. The lowest BCUT2D eigenvalue weighted by Gasteiger charge is -2.11. The van der Waals surface area contributed by atoms with Gasteiger partial charge in [0.1, 0.15) is 11.8 Å². The number of hydrogen-bond acceptors (Lipinski definition) is 3. The van der Waals surface area contributed by atoms with Gasteiger partial charge in [-0.1, -0.05) is 17.7 Å². The van der Waals surface area contributed by atoms with Gasteiger partial charge in [-0.15, -0.1) is 6.58 Å². The molecule has 2 rings (SSSR count). The molecule has 2 aromatic rings. The van der Waals surface area contributed by atoms with E-state index >= 15 is 0 Å². The smallest absolute Gasteiger partial charge is 0.273 e. The Morgan fingerprint density at radius 1 is 1.56 bits per heavy atom. The van der Waals surface area contributed by atoms with Crippen LogP contribution >= 0.6 is 0 Å². The van der Waals surface area contributed by atoms with Crippen molar-refractivity contribution in [1.82, 2.24) is 4.57 Å². The fourth-order valence-corrected chi connectivity index (χ4v) is 1.97. The Morgan fingerprint density at radius 3 is 2.89 bits per heavy atom. The SMILES string of the molecule is C=CCn1c(=O)c(C#N)c(O)c2cc(C)ccc21. The van der Waals surface area contributed by atoms with Gasteiger partial charge in [0.25, 0.3) is 5.56 Å². The van der Waals surface area contributed by atoms with Gasteiger partial charge in [-0.05, 0) is 19.1 Å². The van der Waals surface area contributed by atoms with Crippen molar-refractivity contribution in [3.05, 3.63) is 52.3 Å². The topological polar surface area (TPSA) is 66.0 Å². The maximum atomic E-state index is 12.0. The fraction of sp³-hybridized carbons (Fsp3) is 0.143. The largest absolute Gasteiger partial charge is 0.506 e. The number of allylic oxidation sites excluding steroid dienone is 1. The van der Waals surface area contributed by atoms with Crippen LogP contribution in [-0.2, 0) is 6.54 Å². The molecule has 0 saturated carbocycles. The van der Waals surface area contributed by atoms with E-state index in [1.165, 1.54) is 4.57 Å². The van der Waals surface area contributed by atoms with Crippen molar-refractivity contribution in [2.45, 2.75) is 13.5 Å². The number of benzene rings is 1. The van der Waals surface area contributed by atoms with Crippen LogP contribution in [0.2, 0.25) is 0 Å². The Labute approximate surface area is 104 Å². The molecule has 0 aliphatic carbocycles. The van der Waals surface area contributed by atoms with Crippen molar-refractivity contribution in [3.63, 3.8) is 0 Å². The van der Waals surface area contributed by atoms with Crippen LogP contribution in [0.3, 0.4) is 0 Å². The molecule has 0 unspecified atom stereocenters. The summed E-state index contributed by atoms with van der Waals surface area (Å²) in [4.78, 5) is 12.0. The third kappa shape index (κ3) is 1.66. The van der Waals surface area contributed by atoms with Gasteiger partial charge in [0.15, 0.2) is 5.56 Å². The zero-order chi connectivity index (χ0) is 13.3. The van der Waals surface area contributed by atoms with Crippen LogP contribution in [0.5, 0.6) is 5.75 Å². The fourth-order valence-electron chi connectivity index (χ4n) is 1.97. The number of rotatable bonds is 2. The summed E-state index contributed by atoms with van der Waals surface area (Å²) in [5.41, 5.74) is 0.827. The molecule has 0 atom stereocenters. The summed E-state index contributed by atoms with van der Waals surface area (Å²) in [5, 5.41) is 19.5. The van der Waals surface area contributed by atoms with Gasteiger partial charge in [0.2, 0.25) is 0 Å². The zero-order valence-corrected chi connectivity index (χ0v) is 9.97. The van der Waals surface area contributed by atoms with Gasteiger partial charge >= 0.3 is 0 Å². The number of hydrogen-bond donors (Lipinski definition) is 1. The van der Waals surface area contributed by atoms with Gasteiger partial charge in [0, 0.05) is 11.9 Å². The highest BCUT2D eigenvalue weighted by molar-refractivity contribution is 5.87. The molecule has 18 heavy (non-hydrogen) atoms. The van der Waals surface area contributed by atoms with Gasteiger partial charge in [-0.25, -0.2) is 0 Å². The summed E-state index contributed by atoms with van der Waals surface area (Å²) in [6, 6.07) is 7.13. The summed E-state index contributed by atoms with van der Waals surface area (Å²) in [7, 11) is 0. The van der Waals surface area contributed by atoms with E-state index in [1.807, 2.05) is 13.0 Å². The number of nitrogens with zero attached hydrogens (tertiary/aromatic N) is 2. The predicted octanol–water partition coefficient (Wildman–Crippen LogP) is 2.07. The lowest BCUT2D eigenvalue weighted by molar-refractivity contribution is 0.477. The molecule has 0 aliphatic rings. The first-order valence-corrected chi connectivity index (χ1v) is 5.47. The molecule has 1 N–H and O–H groups in total. The summed E-state index contributed by atoms with van der Waals surface area (Å²) in [6.07, 6.45) is 1.58. The molecular formula is C14H12N2O2. The van der Waals surface area contributed by atoms with Crippen molar-refractivity contribution < 1.29 is 5.11 Å². The number of pyridine rings is 1. The molecular weight excluding hydrogens is 228 g/mol. The van der Waals surface area contributed by atoms with Crippen LogP contribution in [0, 0.1) is 18.3 Å². The molecule has 1 aromatic carbocycles. The van der Waals surface area contributed by atoms with E-state index in [-0.39, 0.29) is 11.3 Å². The van der Waals surface area contributed by atoms with Crippen LogP contribution in [0.4, 0.5) is 0 Å². The van der Waals surface area contributed by atoms with Gasteiger partial charge in [-0.3, -0.25) is 4.79 Å². The molecule has 0 bridgehead atoms. The number of aromatic hydroxyl groups is 1. The summed E-state index contributed by atoms with van der Waals surface area (Å²) >= 11 is 0. The minimum absolute atomic E-state index is 0.227. The molecule has 0 fully saturated rings. The van der Waals surface area contributed by atoms with Gasteiger partial charge < -0.3 is 9.67 Å². The molecule has 0 amide bonds. The first-order valence-electron chi connectivity index (χ1n) is 5.47. The molecule has 0 spiro atoms. The van der Waals surface area contributed by atoms with E-state index in [4.69, 9.17) is 5.26 Å². The minimum Gasteiger partial charge on any atom is -0.506 e. The van der Waals surface area contributed by atoms with Gasteiger partial charge in [-0.2, -0.15) is 5.26 Å². The zero-order valence-electron chi connectivity index (χ0n) is 9.97. The number of nitriles is 1. The lowest BCUT2D eigenvalue weighted by atomic mass is 10.1. The molecule has 0 aliphatic heterocycles. The third-order valence-corrected chi connectivity index (χ3v) is 2.82. The van der Waals surface area contributed by atoms with E-state index in [2.05, 4.69) is 6.58 Å². The van der Waals surface area contributed by atoms with Crippen molar-refractivity contribution >= 4 is 10.9 Å². The highest BCUT2D eigenvalue weighted by Gasteiger charge is 2.15. The summed E-state index contributed by atoms with van der Waals surface area (Å²) in [5.74, 6) is -0.249. The second-order valence-corrected chi connectivity index (χ2v) is 4.06. The van der Waals surface area contributed by atoms with Crippen molar-refractivity contribution in [2.24, 2.45) is 0 Å². The maximum absolute atomic E-state index is 12.0. The first kappa shape index (κ1) is 11.9. The van der Waals surface area contributed by atoms with Gasteiger partial charge in [0.05, 0.1) is 5.52 Å². The Hall–Kier alpha value is -2.54. The highest BCUT2D eigenvalue weighted by Crippen LogP contribution is 2.26. The van der Waals surface area contributed by atoms with Crippen LogP contribution in [-0.4, -0.2) is 9.67 Å². The third-order valence-electron chi connectivity index (χ3n) is 2.82. The summed E-state index contributed by atoms with van der Waals surface area (Å²) in [6.45, 7) is 5.78. The average molecular weight is 240 g/mol. The van der Waals surface area contributed by atoms with Crippen LogP contribution in [0.25, 0.3) is 10.9 Å². The predicted molar refractivity (Wildman–Crippen MR) is 69.5 cm³/mol. The molecule has 4 heteroatoms. The Kier molecular flexibility index (Phi) is 2.90. The quantitative estimate of drug-likeness (QED) is 0.817. The second kappa shape index (κ2) is 4.38. The standard InChI is InChI=1S/C14H12N2O2/c1-3-6-16-12-5-4-9(2)7-10(12)13(17)11(8-15)14(16)18/h3-5,7,17H,1,6H2,2H3. The molecule has 0 saturated heterocycles. The Balaban J connectivity index is 3.03. The Bertz CT molecular complexity index is 736.